The molecule has 0 bridgehead atoms. The van der Waals surface area contributed by atoms with E-state index in [4.69, 9.17) is 5.11 Å². The van der Waals surface area contributed by atoms with E-state index in [-0.39, 0.29) is 11.4 Å². The molecule has 1 aromatic rings. The second-order valence-corrected chi connectivity index (χ2v) is 3.70. The molecule has 4 heteroatoms. The van der Waals surface area contributed by atoms with E-state index in [1.54, 1.807) is 13.8 Å². The standard InChI is InChI=1S/C6H5Br.C4H8O2.H2O/c7-6-4-2-1-3-5-6;1-3(2)4(5)6;/h1-5H;3H,1-2H3,(H,5,6);1H2. The average molecular weight is 263 g/mol. The van der Waals surface area contributed by atoms with E-state index in [1.165, 1.54) is 0 Å². The summed E-state index contributed by atoms with van der Waals surface area (Å²) in [6, 6.07) is 9.97. The van der Waals surface area contributed by atoms with Crippen LogP contribution in [0.25, 0.3) is 0 Å². The molecular formula is C10H15BrO3. The van der Waals surface area contributed by atoms with Crippen molar-refractivity contribution in [2.45, 2.75) is 13.8 Å². The van der Waals surface area contributed by atoms with Gasteiger partial charge in [-0.3, -0.25) is 4.79 Å². The van der Waals surface area contributed by atoms with Gasteiger partial charge in [0.25, 0.3) is 0 Å². The van der Waals surface area contributed by atoms with Crippen LogP contribution in [0.4, 0.5) is 0 Å². The van der Waals surface area contributed by atoms with Gasteiger partial charge in [-0.05, 0) is 12.1 Å². The van der Waals surface area contributed by atoms with Gasteiger partial charge in [-0.25, -0.2) is 0 Å². The van der Waals surface area contributed by atoms with Crippen LogP contribution in [0.15, 0.2) is 34.8 Å². The lowest BCUT2D eigenvalue weighted by Gasteiger charge is -1.89. The van der Waals surface area contributed by atoms with Crippen molar-refractivity contribution in [1.82, 2.24) is 0 Å². The van der Waals surface area contributed by atoms with Crippen molar-refractivity contribution < 1.29 is 15.4 Å². The lowest BCUT2D eigenvalue weighted by atomic mass is 10.2. The maximum atomic E-state index is 9.70. The number of hydrogen-bond donors (Lipinski definition) is 1. The van der Waals surface area contributed by atoms with Gasteiger partial charge < -0.3 is 10.6 Å². The van der Waals surface area contributed by atoms with Crippen LogP contribution in [0.1, 0.15) is 13.8 Å². The molecule has 1 aromatic carbocycles. The molecule has 0 aromatic heterocycles. The minimum Gasteiger partial charge on any atom is -0.481 e. The van der Waals surface area contributed by atoms with Crippen molar-refractivity contribution in [2.24, 2.45) is 5.92 Å². The molecule has 3 N–H and O–H groups in total. The molecule has 0 saturated carbocycles. The summed E-state index contributed by atoms with van der Waals surface area (Å²) >= 11 is 3.31. The summed E-state index contributed by atoms with van der Waals surface area (Å²) in [7, 11) is 0. The van der Waals surface area contributed by atoms with Gasteiger partial charge >= 0.3 is 5.97 Å². The number of halogens is 1. The third-order valence-electron chi connectivity index (χ3n) is 1.23. The molecule has 0 aliphatic carbocycles. The van der Waals surface area contributed by atoms with Gasteiger partial charge in [0.2, 0.25) is 0 Å². The first kappa shape index (κ1) is 15.6. The smallest absolute Gasteiger partial charge is 0.305 e. The molecule has 0 fully saturated rings. The van der Waals surface area contributed by atoms with Gasteiger partial charge in [-0.1, -0.05) is 48.0 Å². The van der Waals surface area contributed by atoms with Crippen molar-refractivity contribution in [3.8, 4) is 0 Å². The number of rotatable bonds is 1. The molecule has 80 valence electrons. The highest BCUT2D eigenvalue weighted by atomic mass is 79.9. The van der Waals surface area contributed by atoms with E-state index in [1.807, 2.05) is 30.3 Å². The second kappa shape index (κ2) is 8.72. The zero-order valence-electron chi connectivity index (χ0n) is 8.20. The maximum absolute atomic E-state index is 9.70. The van der Waals surface area contributed by atoms with Gasteiger partial charge in [0.15, 0.2) is 0 Å². The summed E-state index contributed by atoms with van der Waals surface area (Å²) in [5.74, 6) is -0.972. The number of aliphatic carboxylic acids is 1. The minimum atomic E-state index is -0.741. The maximum Gasteiger partial charge on any atom is 0.305 e. The SMILES string of the molecule is Brc1ccccc1.CC(C)C(=O)O.O. The molecule has 0 saturated heterocycles. The zero-order chi connectivity index (χ0) is 10.3. The number of carbonyl (C=O) groups is 1. The minimum absolute atomic E-state index is 0. The summed E-state index contributed by atoms with van der Waals surface area (Å²) in [5, 5.41) is 7.99. The largest absolute Gasteiger partial charge is 0.481 e. The van der Waals surface area contributed by atoms with Crippen molar-refractivity contribution >= 4 is 21.9 Å². The molecule has 0 atom stereocenters. The topological polar surface area (TPSA) is 68.8 Å². The number of benzene rings is 1. The molecule has 0 aliphatic rings. The van der Waals surface area contributed by atoms with E-state index in [9.17, 15) is 4.79 Å². The average Bonchev–Trinajstić information content (AvgIpc) is 2.06. The summed E-state index contributed by atoms with van der Waals surface area (Å²) in [4.78, 5) is 9.70. The Labute approximate surface area is 92.2 Å². The zero-order valence-corrected chi connectivity index (χ0v) is 9.78. The molecular weight excluding hydrogens is 248 g/mol. The lowest BCUT2D eigenvalue weighted by molar-refractivity contribution is -0.140. The summed E-state index contributed by atoms with van der Waals surface area (Å²) in [5.41, 5.74) is 0. The van der Waals surface area contributed by atoms with Crippen molar-refractivity contribution in [2.75, 3.05) is 0 Å². The Hall–Kier alpha value is -0.870. The molecule has 14 heavy (non-hydrogen) atoms. The van der Waals surface area contributed by atoms with E-state index >= 15 is 0 Å². The lowest BCUT2D eigenvalue weighted by Crippen LogP contribution is -2.03. The normalized spacial score (nSPS) is 8.29. The monoisotopic (exact) mass is 262 g/mol. The van der Waals surface area contributed by atoms with Crippen LogP contribution in [0.3, 0.4) is 0 Å². The third kappa shape index (κ3) is 9.22. The highest BCUT2D eigenvalue weighted by molar-refractivity contribution is 9.10. The summed E-state index contributed by atoms with van der Waals surface area (Å²) < 4.78 is 1.13. The van der Waals surface area contributed by atoms with Gasteiger partial charge in [0.05, 0.1) is 5.92 Å². The molecule has 0 amide bonds. The van der Waals surface area contributed by atoms with E-state index in [0.29, 0.717) is 0 Å². The number of hydrogen-bond acceptors (Lipinski definition) is 1. The summed E-state index contributed by atoms with van der Waals surface area (Å²) in [6.45, 7) is 3.28. The predicted molar refractivity (Wildman–Crippen MR) is 60.2 cm³/mol. The molecule has 0 aliphatic heterocycles. The quantitative estimate of drug-likeness (QED) is 0.844. The Balaban J connectivity index is 0. The first-order valence-electron chi connectivity index (χ1n) is 3.97. The molecule has 3 nitrogen and oxygen atoms in total. The van der Waals surface area contributed by atoms with E-state index in [2.05, 4.69) is 15.9 Å². The molecule has 0 unspecified atom stereocenters. The van der Waals surface area contributed by atoms with Crippen LogP contribution in [-0.2, 0) is 4.79 Å². The fourth-order valence-electron chi connectivity index (χ4n) is 0.415. The van der Waals surface area contributed by atoms with Crippen LogP contribution >= 0.6 is 15.9 Å². The van der Waals surface area contributed by atoms with E-state index < -0.39 is 5.97 Å². The fraction of sp³-hybridized carbons (Fsp3) is 0.300. The second-order valence-electron chi connectivity index (χ2n) is 2.79. The Kier molecular flexibility index (Phi) is 9.71. The van der Waals surface area contributed by atoms with Gasteiger partial charge in [-0.2, -0.15) is 0 Å². The fourth-order valence-corrected chi connectivity index (χ4v) is 0.720. The molecule has 0 spiro atoms. The Morgan fingerprint density at radius 2 is 1.64 bits per heavy atom. The number of carboxylic acids is 1. The van der Waals surface area contributed by atoms with Crippen LogP contribution < -0.4 is 0 Å². The van der Waals surface area contributed by atoms with E-state index in [0.717, 1.165) is 4.47 Å². The molecule has 0 radical (unpaired) electrons. The van der Waals surface area contributed by atoms with Crippen molar-refractivity contribution in [3.63, 3.8) is 0 Å². The summed E-state index contributed by atoms with van der Waals surface area (Å²) in [6.07, 6.45) is 0. The predicted octanol–water partition coefficient (Wildman–Crippen LogP) is 2.35. The Bertz CT molecular complexity index is 247. The third-order valence-corrected chi connectivity index (χ3v) is 1.76. The molecule has 0 heterocycles. The van der Waals surface area contributed by atoms with Crippen molar-refractivity contribution in [1.29, 1.82) is 0 Å². The van der Waals surface area contributed by atoms with Gasteiger partial charge in [-0.15, -0.1) is 0 Å². The Morgan fingerprint density at radius 1 is 1.29 bits per heavy atom. The highest BCUT2D eigenvalue weighted by Gasteiger charge is 1.99. The first-order valence-corrected chi connectivity index (χ1v) is 4.76. The van der Waals surface area contributed by atoms with Gasteiger partial charge in [0.1, 0.15) is 0 Å². The van der Waals surface area contributed by atoms with Crippen LogP contribution in [0.2, 0.25) is 0 Å². The Morgan fingerprint density at radius 3 is 1.79 bits per heavy atom. The van der Waals surface area contributed by atoms with Crippen LogP contribution in [0, 0.1) is 5.92 Å². The first-order chi connectivity index (χ1) is 6.04. The van der Waals surface area contributed by atoms with Gasteiger partial charge in [0, 0.05) is 4.47 Å². The van der Waals surface area contributed by atoms with Crippen LogP contribution in [-0.4, -0.2) is 16.6 Å². The van der Waals surface area contributed by atoms with Crippen LogP contribution in [0.5, 0.6) is 0 Å². The van der Waals surface area contributed by atoms with Crippen molar-refractivity contribution in [3.05, 3.63) is 34.8 Å². The number of carboxylic acid groups (broad SMARTS) is 1. The highest BCUT2D eigenvalue weighted by Crippen LogP contribution is 2.05. The molecule has 1 rings (SSSR count).